The van der Waals surface area contributed by atoms with Gasteiger partial charge in [-0.15, -0.1) is 0 Å². The van der Waals surface area contributed by atoms with Gasteiger partial charge in [-0.3, -0.25) is 0 Å². The Balaban J connectivity index is 2.11. The normalized spacial score (nSPS) is 10.3. The largest absolute Gasteiger partial charge is 0.432 e. The van der Waals surface area contributed by atoms with Gasteiger partial charge < -0.3 is 15.5 Å². The Hall–Kier alpha value is -1.88. The van der Waals surface area contributed by atoms with Gasteiger partial charge in [0.25, 0.3) is 6.01 Å². The summed E-state index contributed by atoms with van der Waals surface area (Å²) >= 11 is 0. The molecular weight excluding hydrogens is 197 g/mol. The average molecular weight is 207 g/mol. The van der Waals surface area contributed by atoms with Gasteiger partial charge in [-0.25, -0.2) is 4.39 Å². The molecule has 0 saturated carbocycles. The number of nitrogens with two attached hydrogens (primary N) is 1. The van der Waals surface area contributed by atoms with E-state index in [2.05, 4.69) is 10.3 Å². The molecule has 0 aliphatic heterocycles. The average Bonchev–Trinajstić information content (AvgIpc) is 2.69. The second-order valence-electron chi connectivity index (χ2n) is 2.98. The molecule has 2 aromatic rings. The van der Waals surface area contributed by atoms with E-state index in [1.807, 2.05) is 0 Å². The zero-order chi connectivity index (χ0) is 10.7. The van der Waals surface area contributed by atoms with E-state index >= 15 is 0 Å². The highest BCUT2D eigenvalue weighted by atomic mass is 19.1. The number of anilines is 2. The van der Waals surface area contributed by atoms with Crippen LogP contribution in [0.2, 0.25) is 0 Å². The summed E-state index contributed by atoms with van der Waals surface area (Å²) in [6, 6.07) is 6.26. The number of hydrogen-bond acceptors (Lipinski definition) is 4. The van der Waals surface area contributed by atoms with Crippen LogP contribution in [-0.2, 0) is 6.54 Å². The van der Waals surface area contributed by atoms with E-state index in [4.69, 9.17) is 10.2 Å². The maximum absolute atomic E-state index is 12.6. The van der Waals surface area contributed by atoms with Crippen LogP contribution in [0.3, 0.4) is 0 Å². The number of benzene rings is 1. The highest BCUT2D eigenvalue weighted by Crippen LogP contribution is 2.15. The van der Waals surface area contributed by atoms with Crippen LogP contribution < -0.4 is 11.1 Å². The van der Waals surface area contributed by atoms with Crippen LogP contribution in [0, 0.1) is 5.82 Å². The summed E-state index contributed by atoms with van der Waals surface area (Å²) in [6.07, 6.45) is 1.48. The van der Waals surface area contributed by atoms with Crippen molar-refractivity contribution in [2.75, 3.05) is 5.32 Å². The molecule has 0 saturated heterocycles. The third-order valence-corrected chi connectivity index (χ3v) is 1.86. The molecule has 78 valence electrons. The summed E-state index contributed by atoms with van der Waals surface area (Å²) in [7, 11) is 0. The van der Waals surface area contributed by atoms with Gasteiger partial charge in [0.1, 0.15) is 12.1 Å². The first kappa shape index (κ1) is 9.67. The van der Waals surface area contributed by atoms with Crippen molar-refractivity contribution < 1.29 is 8.81 Å². The third kappa shape index (κ3) is 2.32. The molecule has 1 aromatic heterocycles. The molecule has 5 heteroatoms. The van der Waals surface area contributed by atoms with Crippen LogP contribution in [0.25, 0.3) is 0 Å². The minimum absolute atomic E-state index is 0.282. The predicted octanol–water partition coefficient (Wildman–Crippen LogP) is 2.02. The van der Waals surface area contributed by atoms with Crippen LogP contribution in [-0.4, -0.2) is 4.98 Å². The molecule has 3 N–H and O–H groups in total. The molecule has 0 atom stereocenters. The summed E-state index contributed by atoms with van der Waals surface area (Å²) in [6.45, 7) is 0.328. The van der Waals surface area contributed by atoms with Gasteiger partial charge in [-0.1, -0.05) is 0 Å². The topological polar surface area (TPSA) is 64.1 Å². The molecule has 0 unspecified atom stereocenters. The number of oxazole rings is 1. The zero-order valence-corrected chi connectivity index (χ0v) is 7.90. The quantitative estimate of drug-likeness (QED) is 0.808. The van der Waals surface area contributed by atoms with Gasteiger partial charge in [-0.05, 0) is 24.3 Å². The van der Waals surface area contributed by atoms with Crippen molar-refractivity contribution in [3.8, 4) is 0 Å². The minimum Gasteiger partial charge on any atom is -0.432 e. The fourth-order valence-electron chi connectivity index (χ4n) is 1.11. The van der Waals surface area contributed by atoms with Crippen molar-refractivity contribution in [3.63, 3.8) is 0 Å². The van der Waals surface area contributed by atoms with E-state index < -0.39 is 0 Å². The molecule has 2 rings (SSSR count). The van der Waals surface area contributed by atoms with Crippen LogP contribution >= 0.6 is 0 Å². The highest BCUT2D eigenvalue weighted by molar-refractivity contribution is 5.51. The lowest BCUT2D eigenvalue weighted by molar-refractivity contribution is 0.575. The number of rotatable bonds is 3. The second-order valence-corrected chi connectivity index (χ2v) is 2.98. The maximum Gasteiger partial charge on any atom is 0.299 e. The van der Waals surface area contributed by atoms with E-state index in [1.165, 1.54) is 18.4 Å². The smallest absolute Gasteiger partial charge is 0.299 e. The standard InChI is InChI=1S/C10H10FN3O/c11-7-1-3-8(4-2-7)13-10-14-9(5-12)6-15-10/h1-4,6H,5,12H2,(H,13,14). The second kappa shape index (κ2) is 4.10. The number of aromatic nitrogens is 1. The summed E-state index contributed by atoms with van der Waals surface area (Å²) in [5, 5.41) is 2.89. The van der Waals surface area contributed by atoms with Crippen molar-refractivity contribution in [2.24, 2.45) is 5.73 Å². The molecular formula is C10H10FN3O. The van der Waals surface area contributed by atoms with Crippen molar-refractivity contribution in [1.82, 2.24) is 4.98 Å². The molecule has 1 heterocycles. The molecule has 0 radical (unpaired) electrons. The summed E-state index contributed by atoms with van der Waals surface area (Å²) in [4.78, 5) is 4.05. The molecule has 0 aliphatic carbocycles. The lowest BCUT2D eigenvalue weighted by Crippen LogP contribution is -1.96. The number of nitrogens with one attached hydrogen (secondary N) is 1. The van der Waals surface area contributed by atoms with Crippen molar-refractivity contribution in [2.45, 2.75) is 6.54 Å². The Kier molecular flexibility index (Phi) is 2.64. The molecule has 0 aliphatic rings. The molecule has 0 bridgehead atoms. The Morgan fingerprint density at radius 1 is 1.33 bits per heavy atom. The monoisotopic (exact) mass is 207 g/mol. The van der Waals surface area contributed by atoms with Gasteiger partial charge >= 0.3 is 0 Å². The molecule has 0 amide bonds. The van der Waals surface area contributed by atoms with Crippen LogP contribution in [0.15, 0.2) is 34.9 Å². The van der Waals surface area contributed by atoms with Crippen molar-refractivity contribution >= 4 is 11.7 Å². The fraction of sp³-hybridized carbons (Fsp3) is 0.100. The highest BCUT2D eigenvalue weighted by Gasteiger charge is 2.02. The lowest BCUT2D eigenvalue weighted by Gasteiger charge is -1.99. The molecule has 0 fully saturated rings. The van der Waals surface area contributed by atoms with Crippen molar-refractivity contribution in [1.29, 1.82) is 0 Å². The summed E-state index contributed by atoms with van der Waals surface area (Å²) in [5.74, 6) is -0.282. The SMILES string of the molecule is NCc1coc(Nc2ccc(F)cc2)n1. The van der Waals surface area contributed by atoms with Crippen molar-refractivity contribution in [3.05, 3.63) is 42.0 Å². The van der Waals surface area contributed by atoms with Gasteiger partial charge in [0.15, 0.2) is 0 Å². The minimum atomic E-state index is -0.282. The number of nitrogens with zero attached hydrogens (tertiary/aromatic N) is 1. The number of halogens is 1. The fourth-order valence-corrected chi connectivity index (χ4v) is 1.11. The first-order chi connectivity index (χ1) is 7.28. The molecule has 15 heavy (non-hydrogen) atoms. The zero-order valence-electron chi connectivity index (χ0n) is 7.90. The van der Waals surface area contributed by atoms with Gasteiger partial charge in [0.05, 0.1) is 5.69 Å². The van der Waals surface area contributed by atoms with Gasteiger partial charge in [0, 0.05) is 12.2 Å². The number of hydrogen-bond donors (Lipinski definition) is 2. The van der Waals surface area contributed by atoms with Gasteiger partial charge in [-0.2, -0.15) is 4.98 Å². The molecule has 1 aromatic carbocycles. The maximum atomic E-state index is 12.6. The molecule has 0 spiro atoms. The lowest BCUT2D eigenvalue weighted by atomic mass is 10.3. The Bertz CT molecular complexity index is 438. The first-order valence-corrected chi connectivity index (χ1v) is 4.45. The van der Waals surface area contributed by atoms with Crippen LogP contribution in [0.4, 0.5) is 16.1 Å². The third-order valence-electron chi connectivity index (χ3n) is 1.86. The predicted molar refractivity (Wildman–Crippen MR) is 54.1 cm³/mol. The van der Waals surface area contributed by atoms with E-state index in [0.29, 0.717) is 23.9 Å². The Morgan fingerprint density at radius 2 is 2.07 bits per heavy atom. The van der Waals surface area contributed by atoms with Gasteiger partial charge in [0.2, 0.25) is 0 Å². The molecule has 4 nitrogen and oxygen atoms in total. The Morgan fingerprint density at radius 3 is 2.67 bits per heavy atom. The summed E-state index contributed by atoms with van der Waals surface area (Å²) < 4.78 is 17.7. The van der Waals surface area contributed by atoms with E-state index in [-0.39, 0.29) is 5.82 Å². The Labute approximate surface area is 85.9 Å². The van der Waals surface area contributed by atoms with E-state index in [9.17, 15) is 4.39 Å². The van der Waals surface area contributed by atoms with Crippen LogP contribution in [0.1, 0.15) is 5.69 Å². The van der Waals surface area contributed by atoms with E-state index in [0.717, 1.165) is 0 Å². The first-order valence-electron chi connectivity index (χ1n) is 4.45. The van der Waals surface area contributed by atoms with E-state index in [1.54, 1.807) is 12.1 Å². The summed E-state index contributed by atoms with van der Waals surface area (Å²) in [5.41, 5.74) is 6.75. The van der Waals surface area contributed by atoms with Crippen LogP contribution in [0.5, 0.6) is 0 Å².